The van der Waals surface area contributed by atoms with E-state index in [1.165, 1.54) is 0 Å². The van der Waals surface area contributed by atoms with Gasteiger partial charge in [0.15, 0.2) is 6.61 Å². The Hall–Kier alpha value is -3.85. The Labute approximate surface area is 168 Å². The van der Waals surface area contributed by atoms with Crippen LogP contribution in [0, 0.1) is 11.3 Å². The van der Waals surface area contributed by atoms with Gasteiger partial charge in [0.05, 0.1) is 24.3 Å². The third-order valence-corrected chi connectivity index (χ3v) is 4.59. The van der Waals surface area contributed by atoms with Crippen LogP contribution in [0.1, 0.15) is 24.0 Å². The standard InChI is InChI=1S/C23H20N2O4/c1-15(16-7-8-18-12-20(28-2)10-9-17(18)11-16)23(27)29-14-22(26)25-21-6-4-3-5-19(21)13-24/h3-12,15H,14H2,1-2H3,(H,25,26)/t15-/m0/s1. The van der Waals surface area contributed by atoms with Gasteiger partial charge in [0.2, 0.25) is 0 Å². The van der Waals surface area contributed by atoms with Crippen molar-refractivity contribution in [3.63, 3.8) is 0 Å². The molecule has 0 aliphatic heterocycles. The number of para-hydroxylation sites is 1. The Morgan fingerprint density at radius 2 is 1.79 bits per heavy atom. The summed E-state index contributed by atoms with van der Waals surface area (Å²) in [6.45, 7) is 1.31. The molecule has 3 aromatic carbocycles. The maximum atomic E-state index is 12.4. The lowest BCUT2D eigenvalue weighted by atomic mass is 9.98. The minimum absolute atomic E-state index is 0.341. The van der Waals surface area contributed by atoms with Gasteiger partial charge in [0.1, 0.15) is 11.8 Å². The zero-order chi connectivity index (χ0) is 20.8. The monoisotopic (exact) mass is 388 g/mol. The first-order valence-corrected chi connectivity index (χ1v) is 9.05. The van der Waals surface area contributed by atoms with E-state index in [1.807, 2.05) is 42.5 Å². The summed E-state index contributed by atoms with van der Waals surface area (Å²) in [6, 6.07) is 20.0. The van der Waals surface area contributed by atoms with E-state index in [0.717, 1.165) is 22.1 Å². The van der Waals surface area contributed by atoms with E-state index < -0.39 is 24.4 Å². The molecule has 0 saturated carbocycles. The Balaban J connectivity index is 1.62. The van der Waals surface area contributed by atoms with Crippen LogP contribution in [-0.2, 0) is 14.3 Å². The largest absolute Gasteiger partial charge is 0.497 e. The van der Waals surface area contributed by atoms with Gasteiger partial charge >= 0.3 is 5.97 Å². The van der Waals surface area contributed by atoms with Gasteiger partial charge in [0, 0.05) is 0 Å². The summed E-state index contributed by atoms with van der Waals surface area (Å²) >= 11 is 0. The van der Waals surface area contributed by atoms with Gasteiger partial charge in [-0.15, -0.1) is 0 Å². The summed E-state index contributed by atoms with van der Waals surface area (Å²) in [6.07, 6.45) is 0. The van der Waals surface area contributed by atoms with Gasteiger partial charge in [-0.1, -0.05) is 36.4 Å². The first-order chi connectivity index (χ1) is 14.0. The van der Waals surface area contributed by atoms with E-state index in [-0.39, 0.29) is 0 Å². The molecule has 0 radical (unpaired) electrons. The second kappa shape index (κ2) is 8.89. The number of hydrogen-bond donors (Lipinski definition) is 1. The van der Waals surface area contributed by atoms with Crippen LogP contribution in [0.15, 0.2) is 60.7 Å². The molecule has 6 nitrogen and oxygen atoms in total. The summed E-state index contributed by atoms with van der Waals surface area (Å²) in [7, 11) is 1.61. The maximum Gasteiger partial charge on any atom is 0.313 e. The maximum absolute atomic E-state index is 12.4. The van der Waals surface area contributed by atoms with Crippen molar-refractivity contribution in [2.75, 3.05) is 19.0 Å². The van der Waals surface area contributed by atoms with Crippen LogP contribution >= 0.6 is 0 Å². The van der Waals surface area contributed by atoms with Crippen LogP contribution in [0.2, 0.25) is 0 Å². The highest BCUT2D eigenvalue weighted by atomic mass is 16.5. The molecule has 6 heteroatoms. The molecule has 3 rings (SSSR count). The summed E-state index contributed by atoms with van der Waals surface area (Å²) in [5, 5.41) is 13.6. The van der Waals surface area contributed by atoms with E-state index in [4.69, 9.17) is 14.7 Å². The van der Waals surface area contributed by atoms with Crippen molar-refractivity contribution >= 4 is 28.3 Å². The van der Waals surface area contributed by atoms with Crippen LogP contribution in [-0.4, -0.2) is 25.6 Å². The number of nitriles is 1. The molecule has 1 amide bonds. The average molecular weight is 388 g/mol. The third-order valence-electron chi connectivity index (χ3n) is 4.59. The predicted molar refractivity (Wildman–Crippen MR) is 110 cm³/mol. The Bertz CT molecular complexity index is 1100. The fourth-order valence-electron chi connectivity index (χ4n) is 2.91. The lowest BCUT2D eigenvalue weighted by molar-refractivity contribution is -0.148. The second-order valence-electron chi connectivity index (χ2n) is 6.51. The molecule has 0 unspecified atom stereocenters. The number of carbonyl (C=O) groups excluding carboxylic acids is 2. The number of carbonyl (C=O) groups is 2. The molecular formula is C23H20N2O4. The molecular weight excluding hydrogens is 368 g/mol. The number of nitrogens with one attached hydrogen (secondary N) is 1. The smallest absolute Gasteiger partial charge is 0.313 e. The SMILES string of the molecule is COc1ccc2cc([C@H](C)C(=O)OCC(=O)Nc3ccccc3C#N)ccc2c1. The Kier molecular flexibility index (Phi) is 6.10. The number of nitrogens with zero attached hydrogens (tertiary/aromatic N) is 1. The minimum atomic E-state index is -0.527. The first-order valence-electron chi connectivity index (χ1n) is 9.05. The average Bonchev–Trinajstić information content (AvgIpc) is 2.76. The van der Waals surface area contributed by atoms with Crippen LogP contribution in [0.4, 0.5) is 5.69 Å². The van der Waals surface area contributed by atoms with E-state index >= 15 is 0 Å². The van der Waals surface area contributed by atoms with Gasteiger partial charge in [0.25, 0.3) is 5.91 Å². The number of benzene rings is 3. The van der Waals surface area contributed by atoms with E-state index in [1.54, 1.807) is 38.3 Å². The molecule has 0 bridgehead atoms. The fraction of sp³-hybridized carbons (Fsp3) is 0.174. The summed E-state index contributed by atoms with van der Waals surface area (Å²) in [5.41, 5.74) is 1.52. The Morgan fingerprint density at radius 1 is 1.07 bits per heavy atom. The number of esters is 1. The molecule has 3 aromatic rings. The van der Waals surface area contributed by atoms with Crippen molar-refractivity contribution in [1.82, 2.24) is 0 Å². The Morgan fingerprint density at radius 3 is 2.55 bits per heavy atom. The number of fused-ring (bicyclic) bond motifs is 1. The molecule has 1 atom stereocenters. The van der Waals surface area contributed by atoms with Crippen molar-refractivity contribution in [1.29, 1.82) is 5.26 Å². The van der Waals surface area contributed by atoms with Gasteiger partial charge in [-0.05, 0) is 47.5 Å². The molecule has 29 heavy (non-hydrogen) atoms. The number of hydrogen-bond acceptors (Lipinski definition) is 5. The summed E-state index contributed by atoms with van der Waals surface area (Å²) in [4.78, 5) is 24.5. The molecule has 0 aromatic heterocycles. The van der Waals surface area contributed by atoms with Crippen LogP contribution in [0.3, 0.4) is 0 Å². The fourth-order valence-corrected chi connectivity index (χ4v) is 2.91. The van der Waals surface area contributed by atoms with Crippen LogP contribution in [0.25, 0.3) is 10.8 Å². The van der Waals surface area contributed by atoms with Crippen molar-refractivity contribution in [2.24, 2.45) is 0 Å². The molecule has 0 aliphatic rings. The van der Waals surface area contributed by atoms with E-state index in [0.29, 0.717) is 11.3 Å². The molecule has 0 fully saturated rings. The molecule has 0 spiro atoms. The second-order valence-corrected chi connectivity index (χ2v) is 6.51. The van der Waals surface area contributed by atoms with Crippen molar-refractivity contribution in [3.8, 4) is 11.8 Å². The highest BCUT2D eigenvalue weighted by molar-refractivity contribution is 5.94. The molecule has 1 N–H and O–H groups in total. The molecule has 0 aliphatic carbocycles. The topological polar surface area (TPSA) is 88.4 Å². The molecule has 146 valence electrons. The predicted octanol–water partition coefficient (Wildman–Crippen LogP) is 4.01. The van der Waals surface area contributed by atoms with E-state index in [9.17, 15) is 9.59 Å². The number of rotatable bonds is 6. The highest BCUT2D eigenvalue weighted by Crippen LogP contribution is 2.25. The quantitative estimate of drug-likeness (QED) is 0.645. The summed E-state index contributed by atoms with van der Waals surface area (Å²) in [5.74, 6) is -0.761. The number of anilines is 1. The molecule has 0 heterocycles. The van der Waals surface area contributed by atoms with Gasteiger partial charge in [-0.3, -0.25) is 9.59 Å². The highest BCUT2D eigenvalue weighted by Gasteiger charge is 2.19. The van der Waals surface area contributed by atoms with Crippen LogP contribution in [0.5, 0.6) is 5.75 Å². The number of methoxy groups -OCH3 is 1. The summed E-state index contributed by atoms with van der Waals surface area (Å²) < 4.78 is 10.4. The minimum Gasteiger partial charge on any atom is -0.497 e. The molecule has 0 saturated heterocycles. The number of ether oxygens (including phenoxy) is 2. The van der Waals surface area contributed by atoms with Gasteiger partial charge < -0.3 is 14.8 Å². The number of amides is 1. The van der Waals surface area contributed by atoms with Crippen molar-refractivity contribution < 1.29 is 19.1 Å². The van der Waals surface area contributed by atoms with Crippen molar-refractivity contribution in [2.45, 2.75) is 12.8 Å². The van der Waals surface area contributed by atoms with Crippen molar-refractivity contribution in [3.05, 3.63) is 71.8 Å². The zero-order valence-corrected chi connectivity index (χ0v) is 16.1. The van der Waals surface area contributed by atoms with Gasteiger partial charge in [-0.2, -0.15) is 5.26 Å². The van der Waals surface area contributed by atoms with E-state index in [2.05, 4.69) is 5.32 Å². The lowest BCUT2D eigenvalue weighted by Gasteiger charge is -2.13. The zero-order valence-electron chi connectivity index (χ0n) is 16.1. The normalized spacial score (nSPS) is 11.3. The van der Waals surface area contributed by atoms with Crippen LogP contribution < -0.4 is 10.1 Å². The third kappa shape index (κ3) is 4.71. The van der Waals surface area contributed by atoms with Gasteiger partial charge in [-0.25, -0.2) is 0 Å². The first kappa shape index (κ1) is 19.9. The lowest BCUT2D eigenvalue weighted by Crippen LogP contribution is -2.23.